The van der Waals surface area contributed by atoms with Gasteiger partial charge < -0.3 is 20.4 Å². The molecule has 3 heteroatoms. The molecule has 0 aliphatic heterocycles. The Balaban J connectivity index is -0.0000000133. The Morgan fingerprint density at radius 3 is 2.00 bits per heavy atom. The molecule has 0 fully saturated rings. The molecule has 0 amide bonds. The molecule has 0 bridgehead atoms. The molecule has 0 aliphatic carbocycles. The molecular weight excluding hydrogens is 191 g/mol. The van der Waals surface area contributed by atoms with Gasteiger partial charge in [0.15, 0.2) is 0 Å². The third-order valence-corrected chi connectivity index (χ3v) is 0.498. The average Bonchev–Trinajstić information content (AvgIpc) is 1.41. The van der Waals surface area contributed by atoms with E-state index in [0.717, 1.165) is 12.8 Å². The summed E-state index contributed by atoms with van der Waals surface area (Å²) in [6.07, 6.45) is 1.86. The van der Waals surface area contributed by atoms with E-state index in [1.165, 1.54) is 0 Å². The second-order valence-electron chi connectivity index (χ2n) is 1.06. The summed E-state index contributed by atoms with van der Waals surface area (Å²) >= 11 is 0. The number of rotatable bonds is 2. The Hall–Kier alpha value is 1.13. The van der Waals surface area contributed by atoms with Gasteiger partial charge in [-0.25, -0.2) is 0 Å². The van der Waals surface area contributed by atoms with Crippen molar-refractivity contribution in [2.24, 2.45) is 0 Å². The van der Waals surface area contributed by atoms with E-state index in [1.807, 2.05) is 6.92 Å². The molecule has 0 radical (unpaired) electrons. The molecule has 0 atom stereocenters. The van der Waals surface area contributed by atoms with Crippen LogP contribution >= 0.6 is 0 Å². The van der Waals surface area contributed by atoms with Gasteiger partial charge >= 0.3 is 26.2 Å². The average molecular weight is 202 g/mol. The summed E-state index contributed by atoms with van der Waals surface area (Å²) in [6, 6.07) is 0. The molecule has 0 heterocycles. The normalized spacial score (nSPS) is 6.00. The Morgan fingerprint density at radius 1 is 1.57 bits per heavy atom. The van der Waals surface area contributed by atoms with E-state index in [9.17, 15) is 5.11 Å². The number of halogens is 1. The first-order valence-corrected chi connectivity index (χ1v) is 2.00. The predicted molar refractivity (Wildman–Crippen MR) is 22.0 cm³/mol. The summed E-state index contributed by atoms with van der Waals surface area (Å²) in [5.74, 6) is 0. The maximum Gasteiger partial charge on any atom is 4.00 e. The Kier molecular flexibility index (Phi) is 35.2. The molecular formula is C4H11ClOZr. The first-order chi connectivity index (χ1) is 2.41. The van der Waals surface area contributed by atoms with Gasteiger partial charge in [0.05, 0.1) is 0 Å². The predicted octanol–water partition coefficient (Wildman–Crippen LogP) is -2.63. The van der Waals surface area contributed by atoms with Gasteiger partial charge in [-0.3, -0.25) is 0 Å². The van der Waals surface area contributed by atoms with Crippen molar-refractivity contribution in [1.82, 2.24) is 0 Å². The molecule has 0 saturated heterocycles. The molecule has 0 aromatic heterocycles. The summed E-state index contributed by atoms with van der Waals surface area (Å²) in [4.78, 5) is 0. The molecule has 0 unspecified atom stereocenters. The third-order valence-electron chi connectivity index (χ3n) is 0.498. The second kappa shape index (κ2) is 15.7. The van der Waals surface area contributed by atoms with Gasteiger partial charge in [-0.2, -0.15) is 0 Å². The van der Waals surface area contributed by atoms with Crippen LogP contribution in [0, 0.1) is 0 Å². The minimum absolute atomic E-state index is 0. The number of unbranched alkanes of at least 4 members (excludes halogenated alkanes) is 1. The zero-order valence-corrected chi connectivity index (χ0v) is 7.62. The summed E-state index contributed by atoms with van der Waals surface area (Å²) in [7, 11) is 0. The minimum atomic E-state index is 0. The Bertz CT molecular complexity index is 26.0. The second-order valence-corrected chi connectivity index (χ2v) is 1.06. The van der Waals surface area contributed by atoms with E-state index in [1.54, 1.807) is 0 Å². The fraction of sp³-hybridized carbons (Fsp3) is 1.00. The molecule has 0 rings (SSSR count). The van der Waals surface area contributed by atoms with E-state index in [0.29, 0.717) is 0 Å². The molecule has 7 heavy (non-hydrogen) atoms. The summed E-state index contributed by atoms with van der Waals surface area (Å²) in [5, 5.41) is 9.53. The molecule has 0 saturated carbocycles. The molecule has 0 aromatic rings. The van der Waals surface area contributed by atoms with E-state index in [-0.39, 0.29) is 48.1 Å². The quantitative estimate of drug-likeness (QED) is 0.480. The van der Waals surface area contributed by atoms with Gasteiger partial charge in [0.2, 0.25) is 0 Å². The van der Waals surface area contributed by atoms with E-state index >= 15 is 0 Å². The van der Waals surface area contributed by atoms with Crippen molar-refractivity contribution in [3.8, 4) is 0 Å². The standard InChI is InChI=1S/C4H9O.ClH.Zr.2H/c1-2-3-4-5;;;;/h2-4H2,1H3;1H;;;/q-1;;+4;2*-1/p-1. The Labute approximate surface area is 73.0 Å². The van der Waals surface area contributed by atoms with Crippen LogP contribution in [-0.4, -0.2) is 6.61 Å². The number of hydrogen-bond acceptors (Lipinski definition) is 1. The smallest absolute Gasteiger partial charge is 1.00 e. The van der Waals surface area contributed by atoms with Crippen LogP contribution < -0.4 is 17.5 Å². The van der Waals surface area contributed by atoms with Gasteiger partial charge in [-0.05, 0) is 0 Å². The van der Waals surface area contributed by atoms with Gasteiger partial charge in [-0.1, -0.05) is 19.8 Å². The fourth-order valence-electron chi connectivity index (χ4n) is 0.144. The van der Waals surface area contributed by atoms with Crippen LogP contribution in [0.3, 0.4) is 0 Å². The first-order valence-electron chi connectivity index (χ1n) is 2.00. The molecule has 44 valence electrons. The van der Waals surface area contributed by atoms with Crippen LogP contribution in [0.4, 0.5) is 0 Å². The summed E-state index contributed by atoms with van der Waals surface area (Å²) < 4.78 is 0. The summed E-state index contributed by atoms with van der Waals surface area (Å²) in [5.41, 5.74) is 0. The summed E-state index contributed by atoms with van der Waals surface area (Å²) in [6.45, 7) is 2.11. The Morgan fingerprint density at radius 2 is 2.00 bits per heavy atom. The molecule has 0 aliphatic rings. The third kappa shape index (κ3) is 19.1. The molecule has 0 N–H and O–H groups in total. The van der Waals surface area contributed by atoms with Crippen molar-refractivity contribution in [2.45, 2.75) is 19.8 Å². The van der Waals surface area contributed by atoms with Crippen LogP contribution in [0.15, 0.2) is 0 Å². The van der Waals surface area contributed by atoms with Crippen LogP contribution in [0.1, 0.15) is 22.6 Å². The topological polar surface area (TPSA) is 23.1 Å². The van der Waals surface area contributed by atoms with E-state index < -0.39 is 0 Å². The molecule has 0 aromatic carbocycles. The van der Waals surface area contributed by atoms with Crippen LogP contribution in [-0.2, 0) is 26.2 Å². The minimum Gasteiger partial charge on any atom is -1.00 e. The largest absolute Gasteiger partial charge is 4.00 e. The van der Waals surface area contributed by atoms with Crippen molar-refractivity contribution in [3.05, 3.63) is 0 Å². The van der Waals surface area contributed by atoms with Crippen molar-refractivity contribution >= 4 is 0 Å². The van der Waals surface area contributed by atoms with Crippen molar-refractivity contribution < 1.29 is 46.6 Å². The van der Waals surface area contributed by atoms with Crippen LogP contribution in [0.2, 0.25) is 0 Å². The molecule has 1 nitrogen and oxygen atoms in total. The maximum atomic E-state index is 9.53. The van der Waals surface area contributed by atoms with E-state index in [2.05, 4.69) is 0 Å². The van der Waals surface area contributed by atoms with Gasteiger partial charge in [0.25, 0.3) is 0 Å². The van der Waals surface area contributed by atoms with Crippen LogP contribution in [0.25, 0.3) is 0 Å². The SMILES string of the molecule is CCCC[O-].[Cl-].[H-].[H-].[Zr+4]. The van der Waals surface area contributed by atoms with E-state index in [4.69, 9.17) is 0 Å². The molecule has 0 spiro atoms. The zero-order valence-electron chi connectivity index (χ0n) is 6.41. The first kappa shape index (κ1) is 15.7. The van der Waals surface area contributed by atoms with Crippen molar-refractivity contribution in [2.75, 3.05) is 6.61 Å². The maximum absolute atomic E-state index is 9.53. The van der Waals surface area contributed by atoms with Gasteiger partial charge in [0, 0.05) is 0 Å². The van der Waals surface area contributed by atoms with Crippen molar-refractivity contribution in [3.63, 3.8) is 0 Å². The zero-order chi connectivity index (χ0) is 4.12. The van der Waals surface area contributed by atoms with Crippen molar-refractivity contribution in [1.29, 1.82) is 0 Å². The number of hydrogen-bond donors (Lipinski definition) is 0. The van der Waals surface area contributed by atoms with Gasteiger partial charge in [0.1, 0.15) is 0 Å². The monoisotopic (exact) mass is 200 g/mol. The fourth-order valence-corrected chi connectivity index (χ4v) is 0.144. The van der Waals surface area contributed by atoms with Crippen LogP contribution in [0.5, 0.6) is 0 Å². The van der Waals surface area contributed by atoms with Gasteiger partial charge in [-0.15, -0.1) is 6.61 Å².